The van der Waals surface area contributed by atoms with Crippen LogP contribution in [0.2, 0.25) is 0 Å². The quantitative estimate of drug-likeness (QED) is 0.924. The Morgan fingerprint density at radius 2 is 2.18 bits per heavy atom. The molecule has 3 rings (SSSR count). The van der Waals surface area contributed by atoms with Crippen LogP contribution in [0.25, 0.3) is 0 Å². The van der Waals surface area contributed by atoms with E-state index >= 15 is 0 Å². The first-order chi connectivity index (χ1) is 10.6. The molecule has 0 radical (unpaired) electrons. The van der Waals surface area contributed by atoms with Crippen molar-refractivity contribution in [3.63, 3.8) is 0 Å². The summed E-state index contributed by atoms with van der Waals surface area (Å²) in [5.41, 5.74) is 1.16. The van der Waals surface area contributed by atoms with Crippen LogP contribution in [0.4, 0.5) is 0 Å². The van der Waals surface area contributed by atoms with Gasteiger partial charge in [-0.25, -0.2) is 0 Å². The van der Waals surface area contributed by atoms with Crippen LogP contribution in [0.15, 0.2) is 18.2 Å². The van der Waals surface area contributed by atoms with Crippen molar-refractivity contribution >= 4 is 5.91 Å². The van der Waals surface area contributed by atoms with Crippen LogP contribution >= 0.6 is 0 Å². The fourth-order valence-electron chi connectivity index (χ4n) is 3.07. The fourth-order valence-corrected chi connectivity index (χ4v) is 3.07. The second-order valence-corrected chi connectivity index (χ2v) is 6.19. The highest BCUT2D eigenvalue weighted by molar-refractivity contribution is 5.82. The van der Waals surface area contributed by atoms with Gasteiger partial charge in [-0.05, 0) is 50.4 Å². The lowest BCUT2D eigenvalue weighted by molar-refractivity contribution is -0.134. The third-order valence-corrected chi connectivity index (χ3v) is 4.59. The minimum absolute atomic E-state index is 0.0158. The lowest BCUT2D eigenvalue weighted by Gasteiger charge is -2.31. The molecule has 0 saturated carbocycles. The fraction of sp³-hybridized carbons (Fsp3) is 0.588. The molecule has 0 spiro atoms. The summed E-state index contributed by atoms with van der Waals surface area (Å²) >= 11 is 0. The molecule has 2 atom stereocenters. The van der Waals surface area contributed by atoms with Gasteiger partial charge in [0.05, 0.1) is 6.04 Å². The summed E-state index contributed by atoms with van der Waals surface area (Å²) in [6, 6.07) is 6.13. The van der Waals surface area contributed by atoms with Crippen molar-refractivity contribution in [3.05, 3.63) is 23.8 Å². The SMILES string of the molecule is CC(Cc1ccc2c(c1)OCO2)N(C)C(=O)C1CCCCN1. The topological polar surface area (TPSA) is 50.8 Å². The number of piperidine rings is 1. The molecule has 1 saturated heterocycles. The molecule has 1 aromatic rings. The molecule has 2 unspecified atom stereocenters. The predicted octanol–water partition coefficient (Wildman–Crippen LogP) is 1.95. The number of rotatable bonds is 4. The van der Waals surface area contributed by atoms with Crippen LogP contribution in [0.5, 0.6) is 11.5 Å². The van der Waals surface area contributed by atoms with E-state index in [1.165, 1.54) is 6.42 Å². The summed E-state index contributed by atoms with van der Waals surface area (Å²) in [5, 5.41) is 3.32. The van der Waals surface area contributed by atoms with Gasteiger partial charge in [0, 0.05) is 13.1 Å². The van der Waals surface area contributed by atoms with Crippen LogP contribution in [-0.2, 0) is 11.2 Å². The number of hydrogen-bond donors (Lipinski definition) is 1. The highest BCUT2D eigenvalue weighted by Gasteiger charge is 2.26. The number of hydrogen-bond acceptors (Lipinski definition) is 4. The van der Waals surface area contributed by atoms with Crippen molar-refractivity contribution < 1.29 is 14.3 Å². The van der Waals surface area contributed by atoms with E-state index in [0.717, 1.165) is 42.9 Å². The van der Waals surface area contributed by atoms with Crippen LogP contribution in [0.3, 0.4) is 0 Å². The Balaban J connectivity index is 1.60. The first kappa shape index (κ1) is 15.2. The Hall–Kier alpha value is -1.75. The number of amides is 1. The van der Waals surface area contributed by atoms with E-state index < -0.39 is 0 Å². The number of nitrogens with one attached hydrogen (secondary N) is 1. The minimum Gasteiger partial charge on any atom is -0.454 e. The van der Waals surface area contributed by atoms with Gasteiger partial charge in [-0.15, -0.1) is 0 Å². The maximum atomic E-state index is 12.5. The monoisotopic (exact) mass is 304 g/mol. The molecule has 0 aromatic heterocycles. The summed E-state index contributed by atoms with van der Waals surface area (Å²) in [4.78, 5) is 14.4. The Bertz CT molecular complexity index is 541. The van der Waals surface area contributed by atoms with Crippen molar-refractivity contribution in [2.24, 2.45) is 0 Å². The standard InChI is InChI=1S/C17H24N2O3/c1-12(19(2)17(20)14-5-3-4-8-18-14)9-13-6-7-15-16(10-13)22-11-21-15/h6-7,10,12,14,18H,3-5,8-9,11H2,1-2H3. The summed E-state index contributed by atoms with van der Waals surface area (Å²) in [6.45, 7) is 3.33. The summed E-state index contributed by atoms with van der Waals surface area (Å²) < 4.78 is 10.7. The van der Waals surface area contributed by atoms with Gasteiger partial charge in [-0.1, -0.05) is 12.5 Å². The van der Waals surface area contributed by atoms with E-state index in [2.05, 4.69) is 12.2 Å². The summed E-state index contributed by atoms with van der Waals surface area (Å²) in [6.07, 6.45) is 4.06. The van der Waals surface area contributed by atoms with Gasteiger partial charge >= 0.3 is 0 Å². The van der Waals surface area contributed by atoms with Crippen molar-refractivity contribution in [1.82, 2.24) is 10.2 Å². The first-order valence-corrected chi connectivity index (χ1v) is 8.04. The number of fused-ring (bicyclic) bond motifs is 1. The predicted molar refractivity (Wildman–Crippen MR) is 84.1 cm³/mol. The molecular weight excluding hydrogens is 280 g/mol. The van der Waals surface area contributed by atoms with Gasteiger partial charge in [0.2, 0.25) is 12.7 Å². The third-order valence-electron chi connectivity index (χ3n) is 4.59. The maximum Gasteiger partial charge on any atom is 0.239 e. The van der Waals surface area contributed by atoms with Crippen molar-refractivity contribution in [3.8, 4) is 11.5 Å². The number of ether oxygens (including phenoxy) is 2. The van der Waals surface area contributed by atoms with Crippen molar-refractivity contribution in [2.45, 2.75) is 44.7 Å². The van der Waals surface area contributed by atoms with Gasteiger partial charge < -0.3 is 19.7 Å². The van der Waals surface area contributed by atoms with Crippen LogP contribution in [0.1, 0.15) is 31.7 Å². The summed E-state index contributed by atoms with van der Waals surface area (Å²) in [7, 11) is 1.90. The molecule has 120 valence electrons. The van der Waals surface area contributed by atoms with E-state index in [4.69, 9.17) is 9.47 Å². The molecule has 1 fully saturated rings. The zero-order valence-electron chi connectivity index (χ0n) is 13.3. The number of nitrogens with zero attached hydrogens (tertiary/aromatic N) is 1. The largest absolute Gasteiger partial charge is 0.454 e. The van der Waals surface area contributed by atoms with E-state index in [1.807, 2.05) is 30.1 Å². The maximum absolute atomic E-state index is 12.5. The summed E-state index contributed by atoms with van der Waals surface area (Å²) in [5.74, 6) is 1.80. The molecular formula is C17H24N2O3. The van der Waals surface area contributed by atoms with Gasteiger partial charge in [-0.3, -0.25) is 4.79 Å². The Labute approximate surface area is 131 Å². The second kappa shape index (κ2) is 6.57. The molecule has 1 aromatic carbocycles. The molecule has 1 amide bonds. The Kier molecular flexibility index (Phi) is 4.52. The normalized spacial score (nSPS) is 21.5. The van der Waals surface area contributed by atoms with E-state index in [-0.39, 0.29) is 18.0 Å². The first-order valence-electron chi connectivity index (χ1n) is 8.04. The minimum atomic E-state index is -0.0158. The van der Waals surface area contributed by atoms with Crippen LogP contribution in [-0.4, -0.2) is 43.3 Å². The molecule has 22 heavy (non-hydrogen) atoms. The molecule has 0 aliphatic carbocycles. The highest BCUT2D eigenvalue weighted by atomic mass is 16.7. The molecule has 5 nitrogen and oxygen atoms in total. The molecule has 5 heteroatoms. The number of benzene rings is 1. The smallest absolute Gasteiger partial charge is 0.239 e. The Morgan fingerprint density at radius 1 is 1.36 bits per heavy atom. The number of likely N-dealkylation sites (N-methyl/N-ethyl adjacent to an activating group) is 1. The highest BCUT2D eigenvalue weighted by Crippen LogP contribution is 2.33. The average molecular weight is 304 g/mol. The van der Waals surface area contributed by atoms with Crippen molar-refractivity contribution in [1.29, 1.82) is 0 Å². The van der Waals surface area contributed by atoms with Crippen LogP contribution < -0.4 is 14.8 Å². The Morgan fingerprint density at radius 3 is 2.95 bits per heavy atom. The van der Waals surface area contributed by atoms with E-state index in [9.17, 15) is 4.79 Å². The van der Waals surface area contributed by atoms with Gasteiger partial charge in [-0.2, -0.15) is 0 Å². The third kappa shape index (κ3) is 3.19. The van der Waals surface area contributed by atoms with Gasteiger partial charge in [0.1, 0.15) is 0 Å². The molecule has 2 heterocycles. The zero-order valence-corrected chi connectivity index (χ0v) is 13.3. The molecule has 2 aliphatic heterocycles. The molecule has 2 aliphatic rings. The van der Waals surface area contributed by atoms with Gasteiger partial charge in [0.15, 0.2) is 11.5 Å². The number of carbonyl (C=O) groups excluding carboxylic acids is 1. The lowest BCUT2D eigenvalue weighted by atomic mass is 10.0. The lowest BCUT2D eigenvalue weighted by Crippen LogP contribution is -2.50. The number of carbonyl (C=O) groups is 1. The average Bonchev–Trinajstić information content (AvgIpc) is 3.02. The second-order valence-electron chi connectivity index (χ2n) is 6.19. The van der Waals surface area contributed by atoms with Crippen LogP contribution in [0, 0.1) is 0 Å². The van der Waals surface area contributed by atoms with E-state index in [1.54, 1.807) is 0 Å². The van der Waals surface area contributed by atoms with Crippen molar-refractivity contribution in [2.75, 3.05) is 20.4 Å². The zero-order chi connectivity index (χ0) is 15.5. The van der Waals surface area contributed by atoms with E-state index in [0.29, 0.717) is 6.79 Å². The van der Waals surface area contributed by atoms with Gasteiger partial charge in [0.25, 0.3) is 0 Å². The molecule has 0 bridgehead atoms. The molecule has 1 N–H and O–H groups in total.